The highest BCUT2D eigenvalue weighted by Gasteiger charge is 2.42. The van der Waals surface area contributed by atoms with E-state index in [1.165, 1.54) is 0 Å². The van der Waals surface area contributed by atoms with Crippen molar-refractivity contribution in [2.75, 3.05) is 13.2 Å². The Morgan fingerprint density at radius 1 is 1.50 bits per heavy atom. The minimum absolute atomic E-state index is 0.149. The average Bonchev–Trinajstić information content (AvgIpc) is 2.83. The molecule has 3 rings (SSSR count). The van der Waals surface area contributed by atoms with Gasteiger partial charge in [0.25, 0.3) is 0 Å². The van der Waals surface area contributed by atoms with E-state index in [2.05, 4.69) is 11.4 Å². The van der Waals surface area contributed by atoms with Crippen molar-refractivity contribution in [2.24, 2.45) is 5.92 Å². The summed E-state index contributed by atoms with van der Waals surface area (Å²) in [6.07, 6.45) is 0.790. The van der Waals surface area contributed by atoms with E-state index in [0.29, 0.717) is 19.1 Å². The number of carbonyl (C=O) groups excluding carboxylic acids is 1. The van der Waals surface area contributed by atoms with Crippen molar-refractivity contribution in [1.29, 1.82) is 0 Å². The molecule has 2 heterocycles. The number of para-hydroxylation sites is 1. The molecule has 4 heteroatoms. The Bertz CT molecular complexity index is 460. The van der Waals surface area contributed by atoms with Crippen LogP contribution >= 0.6 is 0 Å². The van der Waals surface area contributed by atoms with Gasteiger partial charge in [0.2, 0.25) is 0 Å². The maximum atomic E-state index is 11.8. The van der Waals surface area contributed by atoms with E-state index in [0.717, 1.165) is 17.7 Å². The molecular formula is C14H17NO3. The number of rotatable bonds is 2. The van der Waals surface area contributed by atoms with Crippen molar-refractivity contribution in [3.8, 4) is 5.75 Å². The van der Waals surface area contributed by atoms with E-state index in [-0.39, 0.29) is 18.1 Å². The second-order valence-corrected chi connectivity index (χ2v) is 4.79. The maximum absolute atomic E-state index is 11.8. The van der Waals surface area contributed by atoms with Gasteiger partial charge in [-0.25, -0.2) is 0 Å². The molecule has 1 fully saturated rings. The number of benzene rings is 1. The molecule has 0 aromatic heterocycles. The Morgan fingerprint density at radius 2 is 2.33 bits per heavy atom. The summed E-state index contributed by atoms with van der Waals surface area (Å²) in [5, 5.41) is 3.38. The normalized spacial score (nSPS) is 29.1. The van der Waals surface area contributed by atoms with Gasteiger partial charge in [-0.15, -0.1) is 0 Å². The summed E-state index contributed by atoms with van der Waals surface area (Å²) < 4.78 is 10.8. The lowest BCUT2D eigenvalue weighted by Gasteiger charge is -2.28. The number of carbonyl (C=O) groups is 1. The smallest absolute Gasteiger partial charge is 0.323 e. The predicted molar refractivity (Wildman–Crippen MR) is 66.3 cm³/mol. The highest BCUT2D eigenvalue weighted by Crippen LogP contribution is 2.41. The molecule has 0 aliphatic carbocycles. The monoisotopic (exact) mass is 247 g/mol. The molecule has 0 radical (unpaired) electrons. The number of hydrogen-bond acceptors (Lipinski definition) is 4. The molecule has 96 valence electrons. The molecule has 2 aliphatic rings. The average molecular weight is 247 g/mol. The molecule has 0 bridgehead atoms. The first-order valence-corrected chi connectivity index (χ1v) is 6.44. The molecule has 0 amide bonds. The zero-order chi connectivity index (χ0) is 12.5. The van der Waals surface area contributed by atoms with Crippen molar-refractivity contribution in [1.82, 2.24) is 5.32 Å². The molecule has 0 saturated carbocycles. The minimum Gasteiger partial charge on any atom is -0.493 e. The second-order valence-electron chi connectivity index (χ2n) is 4.79. The first-order chi connectivity index (χ1) is 8.79. The summed E-state index contributed by atoms with van der Waals surface area (Å²) in [6, 6.07) is 8.03. The predicted octanol–water partition coefficient (Wildman–Crippen LogP) is 1.66. The van der Waals surface area contributed by atoms with Crippen LogP contribution in [-0.4, -0.2) is 25.2 Å². The van der Waals surface area contributed by atoms with Gasteiger partial charge in [0.1, 0.15) is 11.8 Å². The molecule has 4 nitrogen and oxygen atoms in total. The lowest BCUT2D eigenvalue weighted by molar-refractivity contribution is -0.145. The van der Waals surface area contributed by atoms with Gasteiger partial charge in [-0.3, -0.25) is 10.1 Å². The van der Waals surface area contributed by atoms with Crippen LogP contribution in [0.25, 0.3) is 0 Å². The number of hydrogen-bond donors (Lipinski definition) is 1. The van der Waals surface area contributed by atoms with Crippen LogP contribution in [0.5, 0.6) is 5.75 Å². The van der Waals surface area contributed by atoms with E-state index >= 15 is 0 Å². The molecular weight excluding hydrogens is 230 g/mol. The first kappa shape index (κ1) is 11.5. The lowest BCUT2D eigenvalue weighted by Crippen LogP contribution is -2.34. The van der Waals surface area contributed by atoms with Crippen molar-refractivity contribution < 1.29 is 14.3 Å². The fraction of sp³-hybridized carbons (Fsp3) is 0.500. The van der Waals surface area contributed by atoms with Gasteiger partial charge < -0.3 is 9.47 Å². The van der Waals surface area contributed by atoms with E-state index in [9.17, 15) is 4.79 Å². The summed E-state index contributed by atoms with van der Waals surface area (Å²) in [7, 11) is 0. The summed E-state index contributed by atoms with van der Waals surface area (Å²) in [4.78, 5) is 11.8. The summed E-state index contributed by atoms with van der Waals surface area (Å²) in [5.41, 5.74) is 1.15. The Morgan fingerprint density at radius 3 is 3.17 bits per heavy atom. The molecule has 2 aliphatic heterocycles. The zero-order valence-corrected chi connectivity index (χ0v) is 10.4. The molecule has 0 spiro atoms. The Hall–Kier alpha value is -1.55. The van der Waals surface area contributed by atoms with Crippen molar-refractivity contribution in [2.45, 2.75) is 25.4 Å². The molecule has 3 atom stereocenters. The minimum atomic E-state index is -0.199. The van der Waals surface area contributed by atoms with Crippen LogP contribution in [0, 0.1) is 5.92 Å². The molecule has 1 saturated heterocycles. The van der Waals surface area contributed by atoms with E-state index in [4.69, 9.17) is 9.47 Å². The summed E-state index contributed by atoms with van der Waals surface area (Å²) in [5.74, 6) is 1.13. The second kappa shape index (κ2) is 4.61. The fourth-order valence-corrected chi connectivity index (χ4v) is 2.84. The van der Waals surface area contributed by atoms with Crippen LogP contribution in [0.3, 0.4) is 0 Å². The Kier molecular flexibility index (Phi) is 2.96. The first-order valence-electron chi connectivity index (χ1n) is 6.44. The van der Waals surface area contributed by atoms with Crippen molar-refractivity contribution in [3.05, 3.63) is 29.8 Å². The van der Waals surface area contributed by atoms with Gasteiger partial charge in [-0.1, -0.05) is 18.2 Å². The van der Waals surface area contributed by atoms with Gasteiger partial charge in [0.05, 0.1) is 13.2 Å². The molecule has 18 heavy (non-hydrogen) atoms. The van der Waals surface area contributed by atoms with E-state index in [1.54, 1.807) is 0 Å². The van der Waals surface area contributed by atoms with Crippen molar-refractivity contribution >= 4 is 5.97 Å². The number of ether oxygens (including phenoxy) is 2. The molecule has 1 aromatic rings. The van der Waals surface area contributed by atoms with Crippen LogP contribution in [0.2, 0.25) is 0 Å². The van der Waals surface area contributed by atoms with Crippen LogP contribution in [0.4, 0.5) is 0 Å². The van der Waals surface area contributed by atoms with Crippen molar-refractivity contribution in [3.63, 3.8) is 0 Å². The molecule has 3 unspecified atom stereocenters. The summed E-state index contributed by atoms with van der Waals surface area (Å²) in [6.45, 7) is 2.93. The Balaban J connectivity index is 1.80. The third-order valence-electron chi connectivity index (χ3n) is 3.67. The third kappa shape index (κ3) is 1.86. The quantitative estimate of drug-likeness (QED) is 0.807. The molecule has 1 N–H and O–H groups in total. The van der Waals surface area contributed by atoms with Gasteiger partial charge in [-0.05, 0) is 19.4 Å². The lowest BCUT2D eigenvalue weighted by atomic mass is 9.91. The van der Waals surface area contributed by atoms with Crippen LogP contribution in [0.15, 0.2) is 24.3 Å². The van der Waals surface area contributed by atoms with Gasteiger partial charge >= 0.3 is 5.97 Å². The SMILES string of the molecule is CCOC(=O)C1CC2COc3ccccc3C2N1. The van der Waals surface area contributed by atoms with Crippen LogP contribution < -0.4 is 10.1 Å². The molecule has 1 aromatic carbocycles. The third-order valence-corrected chi connectivity index (χ3v) is 3.67. The zero-order valence-electron chi connectivity index (χ0n) is 10.4. The van der Waals surface area contributed by atoms with Gasteiger partial charge in [0, 0.05) is 17.5 Å². The number of esters is 1. The standard InChI is InChI=1S/C14H17NO3/c1-2-17-14(16)11-7-9-8-18-12-6-4-3-5-10(12)13(9)15-11/h3-6,9,11,13,15H,2,7-8H2,1H3. The fourth-order valence-electron chi connectivity index (χ4n) is 2.84. The van der Waals surface area contributed by atoms with Gasteiger partial charge in [-0.2, -0.15) is 0 Å². The maximum Gasteiger partial charge on any atom is 0.323 e. The Labute approximate surface area is 106 Å². The van der Waals surface area contributed by atoms with Gasteiger partial charge in [0.15, 0.2) is 0 Å². The topological polar surface area (TPSA) is 47.6 Å². The van der Waals surface area contributed by atoms with E-state index < -0.39 is 0 Å². The highest BCUT2D eigenvalue weighted by molar-refractivity contribution is 5.76. The van der Waals surface area contributed by atoms with Crippen LogP contribution in [0.1, 0.15) is 24.9 Å². The van der Waals surface area contributed by atoms with Crippen LogP contribution in [-0.2, 0) is 9.53 Å². The largest absolute Gasteiger partial charge is 0.493 e. The summed E-state index contributed by atoms with van der Waals surface area (Å²) >= 11 is 0. The van der Waals surface area contributed by atoms with E-state index in [1.807, 2.05) is 25.1 Å². The number of nitrogens with one attached hydrogen (secondary N) is 1. The highest BCUT2D eigenvalue weighted by atomic mass is 16.5. The number of fused-ring (bicyclic) bond motifs is 3.